The lowest BCUT2D eigenvalue weighted by atomic mass is 9.93. The van der Waals surface area contributed by atoms with E-state index >= 15 is 0 Å². The van der Waals surface area contributed by atoms with Crippen LogP contribution in [0.5, 0.6) is 5.75 Å². The molecule has 1 saturated carbocycles. The number of benzene rings is 1. The van der Waals surface area contributed by atoms with E-state index < -0.39 is 0 Å². The first kappa shape index (κ1) is 13.1. The smallest absolute Gasteiger partial charge is 0.119 e. The van der Waals surface area contributed by atoms with Gasteiger partial charge in [-0.15, -0.1) is 0 Å². The normalized spacial score (nSPS) is 22.4. The second-order valence-electron chi connectivity index (χ2n) is 5.43. The number of nitrogens with two attached hydrogens (primary N) is 1. The molecule has 0 aliphatic heterocycles. The zero-order valence-electron chi connectivity index (χ0n) is 11.5. The first-order valence-corrected chi connectivity index (χ1v) is 7.24. The van der Waals surface area contributed by atoms with Gasteiger partial charge in [-0.25, -0.2) is 0 Å². The molecule has 1 aromatic heterocycles. The summed E-state index contributed by atoms with van der Waals surface area (Å²) in [6.07, 6.45) is 8.26. The molecule has 1 fully saturated rings. The first-order chi connectivity index (χ1) is 9.81. The Morgan fingerprint density at radius 1 is 0.950 bits per heavy atom. The van der Waals surface area contributed by atoms with E-state index in [0.717, 1.165) is 25.0 Å². The molecular formula is C17H20N2O. The topological polar surface area (TPSA) is 48.1 Å². The molecule has 3 heteroatoms. The molecule has 1 aromatic carbocycles. The van der Waals surface area contributed by atoms with Gasteiger partial charge >= 0.3 is 0 Å². The van der Waals surface area contributed by atoms with E-state index in [9.17, 15) is 0 Å². The van der Waals surface area contributed by atoms with Crippen molar-refractivity contribution in [2.45, 2.75) is 37.8 Å². The molecule has 3 nitrogen and oxygen atoms in total. The van der Waals surface area contributed by atoms with E-state index in [-0.39, 0.29) is 6.10 Å². The molecule has 0 radical (unpaired) electrons. The molecule has 1 aliphatic rings. The molecule has 2 unspecified atom stereocenters. The van der Waals surface area contributed by atoms with Gasteiger partial charge in [0.2, 0.25) is 0 Å². The van der Waals surface area contributed by atoms with Gasteiger partial charge in [-0.2, -0.15) is 0 Å². The molecule has 1 heterocycles. The highest BCUT2D eigenvalue weighted by molar-refractivity contribution is 5.63. The maximum atomic E-state index is 6.02. The van der Waals surface area contributed by atoms with Gasteiger partial charge in [0.1, 0.15) is 11.9 Å². The van der Waals surface area contributed by atoms with Crippen LogP contribution in [0.1, 0.15) is 25.7 Å². The van der Waals surface area contributed by atoms with Gasteiger partial charge < -0.3 is 10.5 Å². The Balaban J connectivity index is 1.67. The van der Waals surface area contributed by atoms with Crippen LogP contribution in [0.25, 0.3) is 11.1 Å². The van der Waals surface area contributed by atoms with Gasteiger partial charge in [0.05, 0.1) is 0 Å². The summed E-state index contributed by atoms with van der Waals surface area (Å²) in [4.78, 5) is 4.04. The number of aromatic nitrogens is 1. The standard InChI is InChI=1S/C17H20N2O/c18-15-2-1-3-17(12-15)20-16-6-4-13(5-7-16)14-8-10-19-11-9-14/h4-11,15,17H,1-3,12,18H2. The summed E-state index contributed by atoms with van der Waals surface area (Å²) in [5, 5.41) is 0. The quantitative estimate of drug-likeness (QED) is 0.928. The largest absolute Gasteiger partial charge is 0.490 e. The maximum absolute atomic E-state index is 6.02. The number of hydrogen-bond donors (Lipinski definition) is 1. The summed E-state index contributed by atoms with van der Waals surface area (Å²) in [5.74, 6) is 0.932. The summed E-state index contributed by atoms with van der Waals surface area (Å²) >= 11 is 0. The Kier molecular flexibility index (Phi) is 3.97. The van der Waals surface area contributed by atoms with Gasteiger partial charge in [-0.1, -0.05) is 12.1 Å². The summed E-state index contributed by atoms with van der Waals surface area (Å²) in [7, 11) is 0. The highest BCUT2D eigenvalue weighted by atomic mass is 16.5. The van der Waals surface area contributed by atoms with Crippen LogP contribution in [-0.2, 0) is 0 Å². The molecular weight excluding hydrogens is 248 g/mol. The molecule has 0 bridgehead atoms. The highest BCUT2D eigenvalue weighted by Crippen LogP contribution is 2.25. The van der Waals surface area contributed by atoms with Crippen molar-refractivity contribution in [1.82, 2.24) is 4.98 Å². The van der Waals surface area contributed by atoms with Gasteiger partial charge in [0.15, 0.2) is 0 Å². The fourth-order valence-corrected chi connectivity index (χ4v) is 2.75. The number of pyridine rings is 1. The third kappa shape index (κ3) is 3.17. The molecule has 0 saturated heterocycles. The van der Waals surface area contributed by atoms with Crippen molar-refractivity contribution >= 4 is 0 Å². The van der Waals surface area contributed by atoms with Gasteiger partial charge in [-0.05, 0) is 61.1 Å². The van der Waals surface area contributed by atoms with Crippen LogP contribution < -0.4 is 10.5 Å². The van der Waals surface area contributed by atoms with E-state index in [0.29, 0.717) is 6.04 Å². The van der Waals surface area contributed by atoms with Crippen molar-refractivity contribution in [1.29, 1.82) is 0 Å². The van der Waals surface area contributed by atoms with Crippen LogP contribution in [0.3, 0.4) is 0 Å². The Labute approximate surface area is 119 Å². The summed E-state index contributed by atoms with van der Waals surface area (Å²) in [5.41, 5.74) is 8.35. The SMILES string of the molecule is NC1CCCC(Oc2ccc(-c3ccncc3)cc2)C1. The lowest BCUT2D eigenvalue weighted by Gasteiger charge is -2.27. The number of rotatable bonds is 3. The van der Waals surface area contributed by atoms with Crippen molar-refractivity contribution in [2.24, 2.45) is 5.73 Å². The van der Waals surface area contributed by atoms with Crippen molar-refractivity contribution < 1.29 is 4.74 Å². The van der Waals surface area contributed by atoms with Crippen LogP contribution in [0.15, 0.2) is 48.8 Å². The van der Waals surface area contributed by atoms with Gasteiger partial charge in [0, 0.05) is 18.4 Å². The molecule has 1 aliphatic carbocycles. The van der Waals surface area contributed by atoms with E-state index in [2.05, 4.69) is 17.1 Å². The second-order valence-corrected chi connectivity index (χ2v) is 5.43. The maximum Gasteiger partial charge on any atom is 0.119 e. The predicted octanol–water partition coefficient (Wildman–Crippen LogP) is 3.40. The van der Waals surface area contributed by atoms with Gasteiger partial charge in [0.25, 0.3) is 0 Å². The van der Waals surface area contributed by atoms with Crippen LogP contribution >= 0.6 is 0 Å². The zero-order valence-corrected chi connectivity index (χ0v) is 11.5. The van der Waals surface area contributed by atoms with Gasteiger partial charge in [-0.3, -0.25) is 4.98 Å². The molecule has 0 amide bonds. The van der Waals surface area contributed by atoms with Crippen molar-refractivity contribution in [3.05, 3.63) is 48.8 Å². The monoisotopic (exact) mass is 268 g/mol. The van der Waals surface area contributed by atoms with Crippen molar-refractivity contribution in [3.8, 4) is 16.9 Å². The zero-order chi connectivity index (χ0) is 13.8. The van der Waals surface area contributed by atoms with E-state index in [1.54, 1.807) is 0 Å². The van der Waals surface area contributed by atoms with E-state index in [1.165, 1.54) is 17.5 Å². The minimum Gasteiger partial charge on any atom is -0.490 e. The molecule has 2 N–H and O–H groups in total. The summed E-state index contributed by atoms with van der Waals surface area (Å²) in [6, 6.07) is 12.6. The van der Waals surface area contributed by atoms with Crippen LogP contribution in [0.2, 0.25) is 0 Å². The predicted molar refractivity (Wildman–Crippen MR) is 80.5 cm³/mol. The third-order valence-corrected chi connectivity index (χ3v) is 3.84. The average Bonchev–Trinajstić information content (AvgIpc) is 2.49. The minimum absolute atomic E-state index is 0.269. The highest BCUT2D eigenvalue weighted by Gasteiger charge is 2.20. The Hall–Kier alpha value is -1.87. The molecule has 20 heavy (non-hydrogen) atoms. The fourth-order valence-electron chi connectivity index (χ4n) is 2.75. The minimum atomic E-state index is 0.269. The summed E-state index contributed by atoms with van der Waals surface area (Å²) < 4.78 is 6.02. The fraction of sp³-hybridized carbons (Fsp3) is 0.353. The Bertz CT molecular complexity index is 539. The number of hydrogen-bond acceptors (Lipinski definition) is 3. The van der Waals surface area contributed by atoms with Crippen LogP contribution in [0, 0.1) is 0 Å². The molecule has 2 aromatic rings. The average molecular weight is 268 g/mol. The molecule has 0 spiro atoms. The lowest BCUT2D eigenvalue weighted by Crippen LogP contribution is -2.33. The van der Waals surface area contributed by atoms with Crippen LogP contribution in [0.4, 0.5) is 0 Å². The second kappa shape index (κ2) is 6.06. The Morgan fingerprint density at radius 2 is 1.65 bits per heavy atom. The van der Waals surface area contributed by atoms with E-state index in [4.69, 9.17) is 10.5 Å². The number of ether oxygens (including phenoxy) is 1. The molecule has 104 valence electrons. The van der Waals surface area contributed by atoms with Crippen molar-refractivity contribution in [3.63, 3.8) is 0 Å². The summed E-state index contributed by atoms with van der Waals surface area (Å²) in [6.45, 7) is 0. The molecule has 3 rings (SSSR count). The van der Waals surface area contributed by atoms with E-state index in [1.807, 2.05) is 36.7 Å². The Morgan fingerprint density at radius 3 is 2.35 bits per heavy atom. The third-order valence-electron chi connectivity index (χ3n) is 3.84. The van der Waals surface area contributed by atoms with Crippen LogP contribution in [-0.4, -0.2) is 17.1 Å². The lowest BCUT2D eigenvalue weighted by molar-refractivity contribution is 0.144. The number of nitrogens with zero attached hydrogens (tertiary/aromatic N) is 1. The first-order valence-electron chi connectivity index (χ1n) is 7.24. The van der Waals surface area contributed by atoms with Crippen molar-refractivity contribution in [2.75, 3.05) is 0 Å². The molecule has 2 atom stereocenters.